The molecule has 1 N–H and O–H groups in total. The van der Waals surface area contributed by atoms with Crippen molar-refractivity contribution >= 4 is 21.9 Å². The molecule has 0 saturated carbocycles. The van der Waals surface area contributed by atoms with E-state index < -0.39 is 11.9 Å². The van der Waals surface area contributed by atoms with Crippen LogP contribution in [0.4, 0.5) is 0 Å². The molecule has 1 unspecified atom stereocenters. The van der Waals surface area contributed by atoms with E-state index in [1.807, 2.05) is 12.1 Å². The maximum atomic E-state index is 10.5. The fourth-order valence-electron chi connectivity index (χ4n) is 0.849. The van der Waals surface area contributed by atoms with Gasteiger partial charge in [0.1, 0.15) is 12.4 Å². The van der Waals surface area contributed by atoms with Crippen LogP contribution < -0.4 is 4.74 Å². The average molecular weight is 259 g/mol. The number of carboxylic acids is 1. The fraction of sp³-hybridized carbons (Fsp3) is 0.300. The van der Waals surface area contributed by atoms with Gasteiger partial charge in [0.15, 0.2) is 0 Å². The number of halogens is 1. The van der Waals surface area contributed by atoms with Crippen LogP contribution >= 0.6 is 15.9 Å². The zero-order valence-corrected chi connectivity index (χ0v) is 9.32. The molecule has 3 nitrogen and oxygen atoms in total. The zero-order chi connectivity index (χ0) is 10.6. The van der Waals surface area contributed by atoms with E-state index >= 15 is 0 Å². The van der Waals surface area contributed by atoms with E-state index in [1.54, 1.807) is 19.1 Å². The summed E-state index contributed by atoms with van der Waals surface area (Å²) in [5.74, 6) is -0.665. The molecule has 76 valence electrons. The molecule has 0 aliphatic rings. The van der Waals surface area contributed by atoms with E-state index in [-0.39, 0.29) is 6.61 Å². The Hall–Kier alpha value is -1.03. The van der Waals surface area contributed by atoms with Crippen LogP contribution in [0, 0.1) is 5.92 Å². The fourth-order valence-corrected chi connectivity index (χ4v) is 1.23. The predicted octanol–water partition coefficient (Wildman–Crippen LogP) is 2.55. The van der Waals surface area contributed by atoms with E-state index in [2.05, 4.69) is 15.9 Å². The van der Waals surface area contributed by atoms with Gasteiger partial charge < -0.3 is 9.84 Å². The van der Waals surface area contributed by atoms with E-state index in [0.29, 0.717) is 5.75 Å². The van der Waals surface area contributed by atoms with Crippen LogP contribution in [0.25, 0.3) is 0 Å². The number of carboxylic acid groups (broad SMARTS) is 1. The maximum Gasteiger partial charge on any atom is 0.309 e. The number of hydrogen-bond donors (Lipinski definition) is 1. The van der Waals surface area contributed by atoms with E-state index in [1.165, 1.54) is 0 Å². The van der Waals surface area contributed by atoms with Crippen molar-refractivity contribution in [1.82, 2.24) is 0 Å². The highest BCUT2D eigenvalue weighted by atomic mass is 79.9. The Balaban J connectivity index is 2.49. The minimum Gasteiger partial charge on any atom is -0.493 e. The maximum absolute atomic E-state index is 10.5. The van der Waals surface area contributed by atoms with Crippen molar-refractivity contribution in [3.8, 4) is 5.75 Å². The molecule has 0 saturated heterocycles. The molecule has 0 spiro atoms. The van der Waals surface area contributed by atoms with Gasteiger partial charge >= 0.3 is 5.97 Å². The first-order chi connectivity index (χ1) is 6.59. The third kappa shape index (κ3) is 3.38. The normalized spacial score (nSPS) is 12.1. The SMILES string of the molecule is CC(COc1cccc(Br)c1)C(=O)O. The Morgan fingerprint density at radius 1 is 1.64 bits per heavy atom. The first kappa shape index (κ1) is 11.0. The molecule has 1 aromatic carbocycles. The third-order valence-electron chi connectivity index (χ3n) is 1.72. The number of carbonyl (C=O) groups is 1. The second kappa shape index (κ2) is 5.00. The van der Waals surface area contributed by atoms with Crippen molar-refractivity contribution in [2.45, 2.75) is 6.92 Å². The van der Waals surface area contributed by atoms with Crippen LogP contribution in [0.2, 0.25) is 0 Å². The van der Waals surface area contributed by atoms with Crippen LogP contribution in [0.5, 0.6) is 5.75 Å². The minimum absolute atomic E-state index is 0.186. The van der Waals surface area contributed by atoms with Gasteiger partial charge in [0, 0.05) is 4.47 Å². The highest BCUT2D eigenvalue weighted by Crippen LogP contribution is 2.18. The summed E-state index contributed by atoms with van der Waals surface area (Å²) in [7, 11) is 0. The summed E-state index contributed by atoms with van der Waals surface area (Å²) in [5, 5.41) is 8.63. The van der Waals surface area contributed by atoms with E-state index in [9.17, 15) is 4.79 Å². The van der Waals surface area contributed by atoms with Crippen LogP contribution in [0.1, 0.15) is 6.92 Å². The topological polar surface area (TPSA) is 46.5 Å². The van der Waals surface area contributed by atoms with Crippen molar-refractivity contribution in [2.24, 2.45) is 5.92 Å². The van der Waals surface area contributed by atoms with Crippen LogP contribution in [0.3, 0.4) is 0 Å². The zero-order valence-electron chi connectivity index (χ0n) is 7.74. The molecule has 1 rings (SSSR count). The second-order valence-corrected chi connectivity index (χ2v) is 3.92. The van der Waals surface area contributed by atoms with Gasteiger partial charge in [0.2, 0.25) is 0 Å². The van der Waals surface area contributed by atoms with E-state index in [4.69, 9.17) is 9.84 Å². The Kier molecular flexibility index (Phi) is 3.95. The Morgan fingerprint density at radius 2 is 2.36 bits per heavy atom. The first-order valence-electron chi connectivity index (χ1n) is 4.21. The molecule has 1 aromatic rings. The molecule has 0 fully saturated rings. The molecular formula is C10H11BrO3. The summed E-state index contributed by atoms with van der Waals surface area (Å²) >= 11 is 3.30. The summed E-state index contributed by atoms with van der Waals surface area (Å²) in [4.78, 5) is 10.5. The lowest BCUT2D eigenvalue weighted by atomic mass is 10.2. The smallest absolute Gasteiger partial charge is 0.309 e. The molecule has 0 aliphatic carbocycles. The van der Waals surface area contributed by atoms with Crippen molar-refractivity contribution in [1.29, 1.82) is 0 Å². The average Bonchev–Trinajstić information content (AvgIpc) is 2.14. The standard InChI is InChI=1S/C10H11BrO3/c1-7(10(12)13)6-14-9-4-2-3-8(11)5-9/h2-5,7H,6H2,1H3,(H,12,13). The van der Waals surface area contributed by atoms with Crippen LogP contribution in [0.15, 0.2) is 28.7 Å². The summed E-state index contributed by atoms with van der Waals surface area (Å²) < 4.78 is 6.21. The quantitative estimate of drug-likeness (QED) is 0.903. The van der Waals surface area contributed by atoms with Gasteiger partial charge in [-0.3, -0.25) is 4.79 Å². The molecule has 0 heterocycles. The highest BCUT2D eigenvalue weighted by molar-refractivity contribution is 9.10. The van der Waals surface area contributed by atoms with Crippen LogP contribution in [-0.2, 0) is 4.79 Å². The second-order valence-electron chi connectivity index (χ2n) is 3.01. The number of ether oxygens (including phenoxy) is 1. The molecular weight excluding hydrogens is 248 g/mol. The van der Waals surface area contributed by atoms with Gasteiger partial charge in [-0.1, -0.05) is 22.0 Å². The lowest BCUT2D eigenvalue weighted by Gasteiger charge is -2.09. The van der Waals surface area contributed by atoms with Crippen LogP contribution in [-0.4, -0.2) is 17.7 Å². The molecule has 1 atom stereocenters. The summed E-state index contributed by atoms with van der Waals surface area (Å²) in [6.07, 6.45) is 0. The van der Waals surface area contributed by atoms with Gasteiger partial charge in [-0.15, -0.1) is 0 Å². The highest BCUT2D eigenvalue weighted by Gasteiger charge is 2.11. The predicted molar refractivity (Wildman–Crippen MR) is 56.4 cm³/mol. The molecule has 0 amide bonds. The molecule has 0 aliphatic heterocycles. The summed E-state index contributed by atoms with van der Waals surface area (Å²) in [5.41, 5.74) is 0. The molecule has 14 heavy (non-hydrogen) atoms. The van der Waals surface area contributed by atoms with Gasteiger partial charge in [0.25, 0.3) is 0 Å². The minimum atomic E-state index is -0.847. The Labute approximate surface area is 90.8 Å². The monoisotopic (exact) mass is 258 g/mol. The Bertz CT molecular complexity index is 325. The van der Waals surface area contributed by atoms with Gasteiger partial charge in [0.05, 0.1) is 5.92 Å². The van der Waals surface area contributed by atoms with Gasteiger partial charge in [-0.25, -0.2) is 0 Å². The number of hydrogen-bond acceptors (Lipinski definition) is 2. The van der Waals surface area contributed by atoms with Gasteiger partial charge in [-0.2, -0.15) is 0 Å². The number of rotatable bonds is 4. The molecule has 4 heteroatoms. The van der Waals surface area contributed by atoms with Crippen molar-refractivity contribution < 1.29 is 14.6 Å². The molecule has 0 bridgehead atoms. The van der Waals surface area contributed by atoms with E-state index in [0.717, 1.165) is 4.47 Å². The number of benzene rings is 1. The molecule has 0 aromatic heterocycles. The van der Waals surface area contributed by atoms with Crippen molar-refractivity contribution in [3.63, 3.8) is 0 Å². The van der Waals surface area contributed by atoms with Crippen molar-refractivity contribution in [2.75, 3.05) is 6.61 Å². The lowest BCUT2D eigenvalue weighted by molar-refractivity contribution is -0.142. The third-order valence-corrected chi connectivity index (χ3v) is 2.21. The summed E-state index contributed by atoms with van der Waals surface area (Å²) in [6.45, 7) is 1.80. The van der Waals surface area contributed by atoms with Crippen molar-refractivity contribution in [3.05, 3.63) is 28.7 Å². The van der Waals surface area contributed by atoms with Gasteiger partial charge in [-0.05, 0) is 25.1 Å². The lowest BCUT2D eigenvalue weighted by Crippen LogP contribution is -2.17. The number of aliphatic carboxylic acids is 1. The Morgan fingerprint density at radius 3 is 2.93 bits per heavy atom. The molecule has 0 radical (unpaired) electrons. The first-order valence-corrected chi connectivity index (χ1v) is 5.00. The summed E-state index contributed by atoms with van der Waals surface area (Å²) in [6, 6.07) is 7.31. The largest absolute Gasteiger partial charge is 0.493 e.